The van der Waals surface area contributed by atoms with Crippen LogP contribution in [0.3, 0.4) is 0 Å². The van der Waals surface area contributed by atoms with Crippen LogP contribution in [0.2, 0.25) is 0 Å². The predicted molar refractivity (Wildman–Crippen MR) is 73.7 cm³/mol. The van der Waals surface area contributed by atoms with Crippen molar-refractivity contribution in [3.05, 3.63) is 29.8 Å². The van der Waals surface area contributed by atoms with Crippen molar-refractivity contribution in [2.45, 2.75) is 24.4 Å². The molecular formula is C13H20ClN3. The highest BCUT2D eigenvalue weighted by Gasteiger charge is 2.45. The van der Waals surface area contributed by atoms with Crippen LogP contribution >= 0.6 is 12.4 Å². The van der Waals surface area contributed by atoms with Gasteiger partial charge in [0.15, 0.2) is 0 Å². The van der Waals surface area contributed by atoms with E-state index in [4.69, 9.17) is 5.73 Å². The number of fused-ring (bicyclic) bond motifs is 1. The van der Waals surface area contributed by atoms with Crippen molar-refractivity contribution >= 4 is 18.1 Å². The second kappa shape index (κ2) is 4.48. The molecule has 2 aliphatic rings. The summed E-state index contributed by atoms with van der Waals surface area (Å²) in [5.41, 5.74) is 9.05. The van der Waals surface area contributed by atoms with E-state index in [9.17, 15) is 0 Å². The first kappa shape index (κ1) is 12.7. The van der Waals surface area contributed by atoms with Gasteiger partial charge < -0.3 is 16.0 Å². The molecule has 0 radical (unpaired) electrons. The molecule has 0 aliphatic carbocycles. The molecule has 4 heteroatoms. The van der Waals surface area contributed by atoms with Crippen LogP contribution in [-0.4, -0.2) is 30.6 Å². The third kappa shape index (κ3) is 1.92. The van der Waals surface area contributed by atoms with Gasteiger partial charge >= 0.3 is 0 Å². The van der Waals surface area contributed by atoms with Gasteiger partial charge in [-0.15, -0.1) is 12.4 Å². The number of rotatable bonds is 0. The number of anilines is 1. The molecule has 0 aromatic heterocycles. The van der Waals surface area contributed by atoms with Crippen LogP contribution in [0, 0.1) is 0 Å². The van der Waals surface area contributed by atoms with Gasteiger partial charge in [0.25, 0.3) is 0 Å². The zero-order chi connectivity index (χ0) is 11.2. The Morgan fingerprint density at radius 3 is 2.59 bits per heavy atom. The highest BCUT2D eigenvalue weighted by molar-refractivity contribution is 5.85. The van der Waals surface area contributed by atoms with Crippen molar-refractivity contribution < 1.29 is 0 Å². The Hall–Kier alpha value is -0.770. The molecule has 3 nitrogen and oxygen atoms in total. The molecule has 94 valence electrons. The van der Waals surface area contributed by atoms with Gasteiger partial charge in [0.1, 0.15) is 0 Å². The van der Waals surface area contributed by atoms with E-state index < -0.39 is 0 Å². The molecule has 1 saturated heterocycles. The molecule has 0 saturated carbocycles. The van der Waals surface area contributed by atoms with Crippen LogP contribution in [-0.2, 0) is 0 Å². The largest absolute Gasteiger partial charge is 0.377 e. The Kier molecular flexibility index (Phi) is 3.34. The van der Waals surface area contributed by atoms with E-state index in [1.165, 1.54) is 11.3 Å². The Morgan fingerprint density at radius 1 is 1.29 bits per heavy atom. The Labute approximate surface area is 109 Å². The predicted octanol–water partition coefficient (Wildman–Crippen LogP) is 2.00. The monoisotopic (exact) mass is 253 g/mol. The summed E-state index contributed by atoms with van der Waals surface area (Å²) in [6.07, 6.45) is 2.28. The molecule has 2 heterocycles. The molecule has 0 amide bonds. The van der Waals surface area contributed by atoms with Gasteiger partial charge in [-0.25, -0.2) is 0 Å². The maximum Gasteiger partial charge on any atom is 0.0591 e. The summed E-state index contributed by atoms with van der Waals surface area (Å²) in [6.45, 7) is 2.27. The van der Waals surface area contributed by atoms with Crippen LogP contribution in [0.15, 0.2) is 24.3 Å². The molecule has 1 spiro atoms. The van der Waals surface area contributed by atoms with E-state index in [0.29, 0.717) is 0 Å². The lowest BCUT2D eigenvalue weighted by molar-refractivity contribution is 0.189. The summed E-state index contributed by atoms with van der Waals surface area (Å²) in [5.74, 6) is 0. The molecule has 3 rings (SSSR count). The second-order valence-electron chi connectivity index (χ2n) is 5.15. The molecule has 1 aromatic rings. The smallest absolute Gasteiger partial charge is 0.0591 e. The third-order valence-corrected chi connectivity index (χ3v) is 4.15. The zero-order valence-corrected chi connectivity index (χ0v) is 11.0. The van der Waals surface area contributed by atoms with Crippen molar-refractivity contribution in [1.29, 1.82) is 0 Å². The summed E-state index contributed by atoms with van der Waals surface area (Å²) >= 11 is 0. The minimum absolute atomic E-state index is 0. The minimum Gasteiger partial charge on any atom is -0.377 e. The van der Waals surface area contributed by atoms with Crippen molar-refractivity contribution in [2.75, 3.05) is 25.5 Å². The fourth-order valence-electron chi connectivity index (χ4n) is 2.98. The lowest BCUT2D eigenvalue weighted by atomic mass is 9.81. The topological polar surface area (TPSA) is 41.3 Å². The number of likely N-dealkylation sites (tertiary alicyclic amines) is 1. The second-order valence-corrected chi connectivity index (χ2v) is 5.15. The van der Waals surface area contributed by atoms with Crippen LogP contribution in [0.4, 0.5) is 5.69 Å². The fourth-order valence-corrected chi connectivity index (χ4v) is 2.98. The first-order valence-electron chi connectivity index (χ1n) is 6.02. The first-order valence-corrected chi connectivity index (χ1v) is 6.02. The maximum absolute atomic E-state index is 6.42. The lowest BCUT2D eigenvalue weighted by Crippen LogP contribution is -2.51. The average molecular weight is 254 g/mol. The number of nitrogens with two attached hydrogens (primary N) is 1. The third-order valence-electron chi connectivity index (χ3n) is 4.15. The summed E-state index contributed by atoms with van der Waals surface area (Å²) < 4.78 is 0. The van der Waals surface area contributed by atoms with Gasteiger partial charge in [-0.1, -0.05) is 18.2 Å². The normalized spacial score (nSPS) is 26.1. The quantitative estimate of drug-likeness (QED) is 0.743. The number of nitrogens with zero attached hydrogens (tertiary/aromatic N) is 1. The summed E-state index contributed by atoms with van der Waals surface area (Å²) in [5, 5.41) is 3.67. The van der Waals surface area contributed by atoms with Gasteiger partial charge in [-0.05, 0) is 31.5 Å². The molecule has 0 unspecified atom stereocenters. The van der Waals surface area contributed by atoms with E-state index in [1.807, 2.05) is 0 Å². The summed E-state index contributed by atoms with van der Waals surface area (Å²) in [4.78, 5) is 2.38. The molecule has 2 aliphatic heterocycles. The van der Waals surface area contributed by atoms with Gasteiger partial charge in [0, 0.05) is 18.8 Å². The molecule has 0 bridgehead atoms. The van der Waals surface area contributed by atoms with Gasteiger partial charge in [-0.3, -0.25) is 0 Å². The van der Waals surface area contributed by atoms with Gasteiger partial charge in [0.05, 0.1) is 11.6 Å². The molecule has 17 heavy (non-hydrogen) atoms. The van der Waals surface area contributed by atoms with E-state index in [-0.39, 0.29) is 24.0 Å². The SMILES string of the molecule is CN1CCC2(CC1)Nc1ccccc1[C@H]2N.Cl. The average Bonchev–Trinajstić information content (AvgIpc) is 2.58. The molecule has 1 fully saturated rings. The molecule has 3 N–H and O–H groups in total. The Bertz CT molecular complexity index is 399. The van der Waals surface area contributed by atoms with Crippen molar-refractivity contribution in [1.82, 2.24) is 4.90 Å². The number of nitrogens with one attached hydrogen (secondary N) is 1. The number of halogens is 1. The highest BCUT2D eigenvalue weighted by atomic mass is 35.5. The van der Waals surface area contributed by atoms with Crippen molar-refractivity contribution in [3.63, 3.8) is 0 Å². The summed E-state index contributed by atoms with van der Waals surface area (Å²) in [6, 6.07) is 8.60. The lowest BCUT2D eigenvalue weighted by Gasteiger charge is -2.41. The van der Waals surface area contributed by atoms with Crippen molar-refractivity contribution in [3.8, 4) is 0 Å². The van der Waals surface area contributed by atoms with E-state index in [0.717, 1.165) is 25.9 Å². The number of benzene rings is 1. The molecule has 1 aromatic carbocycles. The van der Waals surface area contributed by atoms with Gasteiger partial charge in [-0.2, -0.15) is 0 Å². The first-order chi connectivity index (χ1) is 7.71. The standard InChI is InChI=1S/C13H19N3.ClH/c1-16-8-6-13(7-9-16)12(14)10-4-2-3-5-11(10)15-13;/h2-5,12,15H,6-9,14H2,1H3;1H/t12-;/m1./s1. The number of para-hydroxylation sites is 1. The van der Waals surface area contributed by atoms with Gasteiger partial charge in [0.2, 0.25) is 0 Å². The Morgan fingerprint density at radius 2 is 1.94 bits per heavy atom. The number of piperidine rings is 1. The van der Waals surface area contributed by atoms with E-state index in [1.54, 1.807) is 0 Å². The maximum atomic E-state index is 6.42. The highest BCUT2D eigenvalue weighted by Crippen LogP contribution is 2.44. The zero-order valence-electron chi connectivity index (χ0n) is 10.1. The van der Waals surface area contributed by atoms with Crippen LogP contribution in [0.25, 0.3) is 0 Å². The Balaban J connectivity index is 0.00000108. The van der Waals surface area contributed by atoms with Crippen LogP contribution < -0.4 is 11.1 Å². The summed E-state index contributed by atoms with van der Waals surface area (Å²) in [7, 11) is 2.18. The number of hydrogen-bond donors (Lipinski definition) is 2. The fraction of sp³-hybridized carbons (Fsp3) is 0.538. The minimum atomic E-state index is 0. The van der Waals surface area contributed by atoms with E-state index in [2.05, 4.69) is 41.5 Å². The molecular weight excluding hydrogens is 234 g/mol. The molecule has 1 atom stereocenters. The van der Waals surface area contributed by atoms with Crippen LogP contribution in [0.5, 0.6) is 0 Å². The van der Waals surface area contributed by atoms with Crippen LogP contribution in [0.1, 0.15) is 24.4 Å². The van der Waals surface area contributed by atoms with E-state index >= 15 is 0 Å². The van der Waals surface area contributed by atoms with Crippen molar-refractivity contribution in [2.24, 2.45) is 5.73 Å². The number of hydrogen-bond acceptors (Lipinski definition) is 3.